The highest BCUT2D eigenvalue weighted by atomic mass is 19.1. The largest absolute Gasteiger partial charge is 0.335 e. The summed E-state index contributed by atoms with van der Waals surface area (Å²) in [6.07, 6.45) is 3.45. The van der Waals surface area contributed by atoms with Gasteiger partial charge in [0.05, 0.1) is 6.04 Å². The Morgan fingerprint density at radius 2 is 1.96 bits per heavy atom. The van der Waals surface area contributed by atoms with Crippen LogP contribution in [0.2, 0.25) is 0 Å². The van der Waals surface area contributed by atoms with Crippen LogP contribution >= 0.6 is 0 Å². The van der Waals surface area contributed by atoms with Gasteiger partial charge < -0.3 is 15.1 Å². The topological polar surface area (TPSA) is 65.5 Å². The van der Waals surface area contributed by atoms with Gasteiger partial charge in [-0.2, -0.15) is 0 Å². The Morgan fingerprint density at radius 1 is 1.07 bits per heavy atom. The molecule has 2 atom stereocenters. The normalized spacial score (nSPS) is 21.7. The number of piperidine rings is 1. The molecule has 3 saturated heterocycles. The number of nitrogens with zero attached hydrogens (tertiary/aromatic N) is 3. The summed E-state index contributed by atoms with van der Waals surface area (Å²) in [4.78, 5) is 33.3. The molecule has 4 heterocycles. The number of aromatic nitrogens is 1. The summed E-state index contributed by atoms with van der Waals surface area (Å²) in [6.45, 7) is 1.70. The molecule has 3 aliphatic heterocycles. The third kappa shape index (κ3) is 3.77. The van der Waals surface area contributed by atoms with Crippen molar-refractivity contribution in [3.05, 3.63) is 60.2 Å². The van der Waals surface area contributed by atoms with Gasteiger partial charge in [0.2, 0.25) is 0 Å². The van der Waals surface area contributed by atoms with Gasteiger partial charge in [0, 0.05) is 31.5 Å². The molecule has 1 aromatic heterocycles. The van der Waals surface area contributed by atoms with Crippen LogP contribution in [0.25, 0.3) is 0 Å². The van der Waals surface area contributed by atoms with Crippen LogP contribution in [0.1, 0.15) is 23.3 Å². The van der Waals surface area contributed by atoms with Crippen LogP contribution in [0.5, 0.6) is 0 Å². The number of amides is 3. The van der Waals surface area contributed by atoms with Crippen molar-refractivity contribution in [1.82, 2.24) is 14.8 Å². The van der Waals surface area contributed by atoms with Gasteiger partial charge in [0.15, 0.2) is 0 Å². The molecule has 7 heteroatoms. The first-order valence-corrected chi connectivity index (χ1v) is 9.13. The molecule has 3 amide bonds. The summed E-state index contributed by atoms with van der Waals surface area (Å²) in [5, 5.41) is 2.77. The highest BCUT2D eigenvalue weighted by Crippen LogP contribution is 2.29. The number of nitrogens with one attached hydrogen (secondary N) is 1. The fourth-order valence-electron chi connectivity index (χ4n) is 3.91. The van der Waals surface area contributed by atoms with Crippen LogP contribution in [0, 0.1) is 11.7 Å². The second-order valence-electron chi connectivity index (χ2n) is 7.12. The molecule has 0 aliphatic carbocycles. The number of hydrogen-bond donors (Lipinski definition) is 1. The minimum absolute atomic E-state index is 0.0510. The average molecular weight is 368 g/mol. The van der Waals surface area contributed by atoms with Gasteiger partial charge in [-0.15, -0.1) is 0 Å². The zero-order valence-corrected chi connectivity index (χ0v) is 14.8. The molecule has 0 unspecified atom stereocenters. The smallest absolute Gasteiger partial charge is 0.322 e. The number of fused-ring (bicyclic) bond motifs is 4. The van der Waals surface area contributed by atoms with Gasteiger partial charge in [0.1, 0.15) is 11.5 Å². The molecule has 6 nitrogen and oxygen atoms in total. The molecule has 5 rings (SSSR count). The maximum absolute atomic E-state index is 13.4. The van der Waals surface area contributed by atoms with Crippen molar-refractivity contribution < 1.29 is 14.0 Å². The van der Waals surface area contributed by atoms with Crippen molar-refractivity contribution in [2.45, 2.75) is 18.9 Å². The summed E-state index contributed by atoms with van der Waals surface area (Å²) < 4.78 is 13.4. The van der Waals surface area contributed by atoms with Crippen LogP contribution in [0.15, 0.2) is 48.7 Å². The highest BCUT2D eigenvalue weighted by molar-refractivity contribution is 5.93. The quantitative estimate of drug-likeness (QED) is 0.886. The van der Waals surface area contributed by atoms with E-state index in [1.165, 1.54) is 12.1 Å². The van der Waals surface area contributed by atoms with E-state index in [4.69, 9.17) is 0 Å². The lowest BCUT2D eigenvalue weighted by atomic mass is 9.95. The minimum Gasteiger partial charge on any atom is -0.335 e. The van der Waals surface area contributed by atoms with E-state index in [1.807, 2.05) is 0 Å². The zero-order valence-electron chi connectivity index (χ0n) is 14.8. The fourth-order valence-corrected chi connectivity index (χ4v) is 3.91. The van der Waals surface area contributed by atoms with E-state index in [0.717, 1.165) is 12.8 Å². The predicted octanol–water partition coefficient (Wildman–Crippen LogP) is 2.99. The molecule has 3 fully saturated rings. The van der Waals surface area contributed by atoms with Gasteiger partial charge in [-0.25, -0.2) is 9.18 Å². The van der Waals surface area contributed by atoms with Crippen LogP contribution in [0.4, 0.5) is 14.9 Å². The Kier molecular flexibility index (Phi) is 4.75. The zero-order chi connectivity index (χ0) is 18.8. The number of hydrogen-bond acceptors (Lipinski definition) is 3. The third-order valence-electron chi connectivity index (χ3n) is 5.22. The van der Waals surface area contributed by atoms with Crippen LogP contribution in [-0.4, -0.2) is 52.4 Å². The van der Waals surface area contributed by atoms with Crippen LogP contribution < -0.4 is 5.32 Å². The molecule has 3 aliphatic rings. The Balaban J connectivity index is 1.48. The molecular formula is C20H21FN4O2. The van der Waals surface area contributed by atoms with Gasteiger partial charge in [-0.3, -0.25) is 9.78 Å². The minimum atomic E-state index is -0.391. The number of benzene rings is 1. The molecular weight excluding hydrogens is 347 g/mol. The molecule has 2 aromatic rings. The van der Waals surface area contributed by atoms with E-state index in [0.29, 0.717) is 31.0 Å². The van der Waals surface area contributed by atoms with Crippen molar-refractivity contribution in [3.63, 3.8) is 0 Å². The van der Waals surface area contributed by atoms with E-state index in [9.17, 15) is 14.0 Å². The molecule has 2 bridgehead atoms. The van der Waals surface area contributed by atoms with E-state index in [1.54, 1.807) is 46.3 Å². The molecule has 0 spiro atoms. The van der Waals surface area contributed by atoms with Crippen molar-refractivity contribution in [1.29, 1.82) is 0 Å². The summed E-state index contributed by atoms with van der Waals surface area (Å²) in [5.74, 6) is -0.258. The summed E-state index contributed by atoms with van der Waals surface area (Å²) in [7, 11) is 0. The van der Waals surface area contributed by atoms with Gasteiger partial charge in [0.25, 0.3) is 5.91 Å². The van der Waals surface area contributed by atoms with Crippen molar-refractivity contribution in [2.24, 2.45) is 5.92 Å². The number of halogens is 1. The third-order valence-corrected chi connectivity index (χ3v) is 5.22. The number of carbonyl (C=O) groups excluding carboxylic acids is 2. The average Bonchev–Trinajstić information content (AvgIpc) is 3.00. The first kappa shape index (κ1) is 17.5. The molecule has 140 valence electrons. The summed E-state index contributed by atoms with van der Waals surface area (Å²) in [6, 6.07) is 10.8. The highest BCUT2D eigenvalue weighted by Gasteiger charge is 2.39. The maximum Gasteiger partial charge on any atom is 0.322 e. The summed E-state index contributed by atoms with van der Waals surface area (Å²) in [5.41, 5.74) is 0.858. The SMILES string of the molecule is O=C(c1ccccn1)N1C[C@@H]2CC[C@H](C1)N(C(=O)Nc1cccc(F)c1)C2. The molecule has 0 radical (unpaired) electrons. The molecule has 1 N–H and O–H groups in total. The van der Waals surface area contributed by atoms with Gasteiger partial charge >= 0.3 is 6.03 Å². The van der Waals surface area contributed by atoms with E-state index >= 15 is 0 Å². The monoisotopic (exact) mass is 368 g/mol. The number of urea groups is 1. The first-order valence-electron chi connectivity index (χ1n) is 9.13. The number of rotatable bonds is 2. The van der Waals surface area contributed by atoms with Crippen LogP contribution in [0.3, 0.4) is 0 Å². The molecule has 0 saturated carbocycles. The lowest BCUT2D eigenvalue weighted by Gasteiger charge is -2.35. The van der Waals surface area contributed by atoms with Crippen molar-refractivity contribution in [2.75, 3.05) is 25.0 Å². The maximum atomic E-state index is 13.4. The van der Waals surface area contributed by atoms with Gasteiger partial charge in [-0.05, 0) is 49.1 Å². The van der Waals surface area contributed by atoms with E-state index in [-0.39, 0.29) is 23.9 Å². The second-order valence-corrected chi connectivity index (χ2v) is 7.12. The van der Waals surface area contributed by atoms with Crippen molar-refractivity contribution in [3.8, 4) is 0 Å². The standard InChI is InChI=1S/C20H21FN4O2/c21-15-4-3-5-16(10-15)23-20(27)25-12-14-7-8-17(25)13-24(11-14)19(26)18-6-1-2-9-22-18/h1-6,9-10,14,17H,7-8,11-13H2,(H,23,27)/t14-,17+/m0/s1. The second kappa shape index (κ2) is 7.34. The summed E-state index contributed by atoms with van der Waals surface area (Å²) >= 11 is 0. The predicted molar refractivity (Wildman–Crippen MR) is 98.8 cm³/mol. The Morgan fingerprint density at radius 3 is 2.74 bits per heavy atom. The lowest BCUT2D eigenvalue weighted by Crippen LogP contribution is -2.49. The number of pyridine rings is 1. The van der Waals surface area contributed by atoms with Crippen molar-refractivity contribution >= 4 is 17.6 Å². The molecule has 27 heavy (non-hydrogen) atoms. The first-order chi connectivity index (χ1) is 13.1. The number of anilines is 1. The van der Waals surface area contributed by atoms with E-state index in [2.05, 4.69) is 10.3 Å². The molecule has 1 aromatic carbocycles. The Hall–Kier alpha value is -2.96. The lowest BCUT2D eigenvalue weighted by molar-refractivity contribution is 0.0737. The van der Waals surface area contributed by atoms with Crippen LogP contribution in [-0.2, 0) is 0 Å². The fraction of sp³-hybridized carbons (Fsp3) is 0.350. The Labute approximate surface area is 157 Å². The number of carbonyl (C=O) groups is 2. The van der Waals surface area contributed by atoms with E-state index < -0.39 is 5.82 Å². The van der Waals surface area contributed by atoms with Gasteiger partial charge in [-0.1, -0.05) is 12.1 Å². The Bertz CT molecular complexity index is 845.